The van der Waals surface area contributed by atoms with Crippen LogP contribution in [0.5, 0.6) is 17.2 Å². The van der Waals surface area contributed by atoms with Crippen LogP contribution in [0.2, 0.25) is 5.02 Å². The summed E-state index contributed by atoms with van der Waals surface area (Å²) in [6, 6.07) is 11.1. The van der Waals surface area contributed by atoms with E-state index >= 15 is 0 Å². The highest BCUT2D eigenvalue weighted by Crippen LogP contribution is 2.42. The third-order valence-electron chi connectivity index (χ3n) is 4.69. The Hall–Kier alpha value is -3.45. The topological polar surface area (TPSA) is 95.3 Å². The molecule has 8 heteroatoms. The van der Waals surface area contributed by atoms with Crippen LogP contribution >= 0.6 is 11.6 Å². The zero-order chi connectivity index (χ0) is 20.5. The fraction of sp³-hybridized carbons (Fsp3) is 0.143. The summed E-state index contributed by atoms with van der Waals surface area (Å²) in [6.45, 7) is 0. The number of halogens is 1. The number of nitrogens with one attached hydrogen (secondary N) is 1. The normalized spacial score (nSPS) is 10.9. The van der Waals surface area contributed by atoms with Gasteiger partial charge in [-0.15, -0.1) is 0 Å². The Balaban J connectivity index is 1.89. The minimum atomic E-state index is 0.523. The molecule has 2 aromatic heterocycles. The summed E-state index contributed by atoms with van der Waals surface area (Å²) < 4.78 is 16.3. The number of methoxy groups -OCH3 is 3. The average Bonchev–Trinajstić information content (AvgIpc) is 3.15. The van der Waals surface area contributed by atoms with Crippen LogP contribution in [0.1, 0.15) is 0 Å². The molecule has 4 aromatic rings. The van der Waals surface area contributed by atoms with Crippen molar-refractivity contribution in [2.75, 3.05) is 27.1 Å². The molecule has 0 amide bonds. The number of pyridine rings is 1. The van der Waals surface area contributed by atoms with Crippen LogP contribution in [0.25, 0.3) is 33.4 Å². The molecule has 0 saturated heterocycles. The molecule has 0 aliphatic carbocycles. The van der Waals surface area contributed by atoms with E-state index in [0.29, 0.717) is 33.6 Å². The summed E-state index contributed by atoms with van der Waals surface area (Å²) >= 11 is 6.02. The van der Waals surface area contributed by atoms with Gasteiger partial charge in [0.05, 0.1) is 27.0 Å². The van der Waals surface area contributed by atoms with Crippen molar-refractivity contribution < 1.29 is 14.2 Å². The Morgan fingerprint density at radius 1 is 0.931 bits per heavy atom. The maximum atomic E-state index is 6.15. The van der Waals surface area contributed by atoms with Crippen molar-refractivity contribution in [3.8, 4) is 39.6 Å². The minimum Gasteiger partial charge on any atom is -0.493 e. The van der Waals surface area contributed by atoms with Gasteiger partial charge in [-0.3, -0.25) is 5.10 Å². The number of nitrogens with two attached hydrogens (primary N) is 1. The molecule has 2 heterocycles. The van der Waals surface area contributed by atoms with Gasteiger partial charge in [0.2, 0.25) is 5.75 Å². The summed E-state index contributed by atoms with van der Waals surface area (Å²) in [4.78, 5) is 4.47. The first-order chi connectivity index (χ1) is 14.0. The SMILES string of the molecule is COc1cc(-c2[nH]nc3ncc(-c4ccc(Cl)cc4N)cc23)cc(OC)c1OC. The van der Waals surface area contributed by atoms with Crippen LogP contribution in [0.3, 0.4) is 0 Å². The van der Waals surface area contributed by atoms with Crippen LogP contribution in [-0.2, 0) is 0 Å². The highest BCUT2D eigenvalue weighted by molar-refractivity contribution is 6.31. The summed E-state index contributed by atoms with van der Waals surface area (Å²) in [5.41, 5.74) is 10.6. The lowest BCUT2D eigenvalue weighted by atomic mass is 10.0. The van der Waals surface area contributed by atoms with Gasteiger partial charge in [0.25, 0.3) is 0 Å². The van der Waals surface area contributed by atoms with Crippen molar-refractivity contribution in [1.82, 2.24) is 15.2 Å². The maximum absolute atomic E-state index is 6.15. The molecular formula is C21H19ClN4O3. The second kappa shape index (κ2) is 7.52. The first-order valence-corrected chi connectivity index (χ1v) is 9.13. The van der Waals surface area contributed by atoms with Crippen molar-refractivity contribution >= 4 is 28.3 Å². The standard InChI is InChI=1S/C21H19ClN4O3/c1-27-17-7-11(8-18(28-2)20(17)29-3)19-15-6-12(10-24-21(15)26-25-19)14-5-4-13(22)9-16(14)23/h4-10H,23H2,1-3H3,(H,24,25,26). The number of H-pyrrole nitrogens is 1. The van der Waals surface area contributed by atoms with Crippen molar-refractivity contribution in [3.05, 3.63) is 47.6 Å². The minimum absolute atomic E-state index is 0.523. The molecule has 0 fully saturated rings. The van der Waals surface area contributed by atoms with Gasteiger partial charge in [-0.05, 0) is 30.3 Å². The molecule has 0 radical (unpaired) electrons. The van der Waals surface area contributed by atoms with Crippen molar-refractivity contribution in [3.63, 3.8) is 0 Å². The fourth-order valence-electron chi connectivity index (χ4n) is 3.29. The Labute approximate surface area is 172 Å². The number of ether oxygens (including phenoxy) is 3. The second-order valence-electron chi connectivity index (χ2n) is 6.34. The van der Waals surface area contributed by atoms with Gasteiger partial charge < -0.3 is 19.9 Å². The molecule has 4 rings (SSSR count). The van der Waals surface area contributed by atoms with Crippen LogP contribution in [0.4, 0.5) is 5.69 Å². The zero-order valence-corrected chi connectivity index (χ0v) is 16.9. The number of hydrogen-bond donors (Lipinski definition) is 2. The van der Waals surface area contributed by atoms with E-state index in [2.05, 4.69) is 15.2 Å². The molecule has 0 aliphatic rings. The Bertz CT molecular complexity index is 1180. The molecule has 7 nitrogen and oxygen atoms in total. The van der Waals surface area contributed by atoms with Gasteiger partial charge in [0, 0.05) is 39.0 Å². The van der Waals surface area contributed by atoms with Crippen molar-refractivity contribution in [2.24, 2.45) is 0 Å². The third-order valence-corrected chi connectivity index (χ3v) is 4.92. The monoisotopic (exact) mass is 410 g/mol. The largest absolute Gasteiger partial charge is 0.493 e. The summed E-state index contributed by atoms with van der Waals surface area (Å²) in [5, 5.41) is 8.80. The van der Waals surface area contributed by atoms with Gasteiger partial charge in [0.15, 0.2) is 17.1 Å². The molecule has 2 aromatic carbocycles. The van der Waals surface area contributed by atoms with E-state index in [1.807, 2.05) is 24.3 Å². The predicted octanol–water partition coefficient (Wildman–Crippen LogP) is 4.55. The molecule has 148 valence electrons. The quantitative estimate of drug-likeness (QED) is 0.468. The van der Waals surface area contributed by atoms with Gasteiger partial charge >= 0.3 is 0 Å². The molecule has 29 heavy (non-hydrogen) atoms. The van der Waals surface area contributed by atoms with Gasteiger partial charge in [-0.25, -0.2) is 4.98 Å². The Morgan fingerprint density at radius 3 is 2.28 bits per heavy atom. The summed E-state index contributed by atoms with van der Waals surface area (Å²) in [6.07, 6.45) is 1.74. The lowest BCUT2D eigenvalue weighted by molar-refractivity contribution is 0.324. The lowest BCUT2D eigenvalue weighted by Crippen LogP contribution is -1.96. The van der Waals surface area contributed by atoms with E-state index in [9.17, 15) is 0 Å². The molecule has 0 atom stereocenters. The number of nitrogens with zero attached hydrogens (tertiary/aromatic N) is 2. The van der Waals surface area contributed by atoms with E-state index in [4.69, 9.17) is 31.5 Å². The lowest BCUT2D eigenvalue weighted by Gasteiger charge is -2.13. The van der Waals surface area contributed by atoms with E-state index in [1.54, 1.807) is 39.7 Å². The second-order valence-corrected chi connectivity index (χ2v) is 6.78. The molecule has 0 bridgehead atoms. The zero-order valence-electron chi connectivity index (χ0n) is 16.1. The molecule has 0 unspecified atom stereocenters. The number of aromatic amines is 1. The molecule has 0 saturated carbocycles. The molecule has 0 spiro atoms. The van der Waals surface area contributed by atoms with Crippen LogP contribution in [-0.4, -0.2) is 36.5 Å². The highest BCUT2D eigenvalue weighted by atomic mass is 35.5. The first-order valence-electron chi connectivity index (χ1n) is 8.75. The average molecular weight is 411 g/mol. The Morgan fingerprint density at radius 2 is 1.66 bits per heavy atom. The molecule has 3 N–H and O–H groups in total. The molecular weight excluding hydrogens is 392 g/mol. The van der Waals surface area contributed by atoms with E-state index in [-0.39, 0.29) is 0 Å². The number of nitrogen functional groups attached to an aromatic ring is 1. The smallest absolute Gasteiger partial charge is 0.203 e. The summed E-state index contributed by atoms with van der Waals surface area (Å²) in [5.74, 6) is 1.63. The number of fused-ring (bicyclic) bond motifs is 1. The van der Waals surface area contributed by atoms with Gasteiger partial charge in [0.1, 0.15) is 0 Å². The number of aromatic nitrogens is 3. The van der Waals surface area contributed by atoms with Crippen LogP contribution in [0.15, 0.2) is 42.6 Å². The molecule has 0 aliphatic heterocycles. The maximum Gasteiger partial charge on any atom is 0.203 e. The number of hydrogen-bond acceptors (Lipinski definition) is 6. The fourth-order valence-corrected chi connectivity index (χ4v) is 3.47. The number of rotatable bonds is 5. The highest BCUT2D eigenvalue weighted by Gasteiger charge is 2.18. The number of benzene rings is 2. The summed E-state index contributed by atoms with van der Waals surface area (Å²) in [7, 11) is 4.72. The van der Waals surface area contributed by atoms with E-state index < -0.39 is 0 Å². The van der Waals surface area contributed by atoms with Crippen LogP contribution in [0, 0.1) is 0 Å². The van der Waals surface area contributed by atoms with Crippen molar-refractivity contribution in [1.29, 1.82) is 0 Å². The first kappa shape index (κ1) is 18.9. The van der Waals surface area contributed by atoms with Crippen LogP contribution < -0.4 is 19.9 Å². The van der Waals surface area contributed by atoms with E-state index in [1.165, 1.54) is 0 Å². The van der Waals surface area contributed by atoms with E-state index in [0.717, 1.165) is 27.8 Å². The predicted molar refractivity (Wildman–Crippen MR) is 114 cm³/mol. The van der Waals surface area contributed by atoms with Gasteiger partial charge in [-0.1, -0.05) is 17.7 Å². The number of anilines is 1. The Kier molecular flexibility index (Phi) is 4.90. The van der Waals surface area contributed by atoms with Gasteiger partial charge in [-0.2, -0.15) is 5.10 Å². The van der Waals surface area contributed by atoms with Crippen molar-refractivity contribution in [2.45, 2.75) is 0 Å². The third kappa shape index (κ3) is 3.30.